The zero-order valence-electron chi connectivity index (χ0n) is 16.0. The van der Waals surface area contributed by atoms with Crippen LogP contribution in [0.15, 0.2) is 107 Å². The molecule has 2 nitrogen and oxygen atoms in total. The highest BCUT2D eigenvalue weighted by molar-refractivity contribution is 7.99. The molecule has 1 aliphatic heterocycles. The van der Waals surface area contributed by atoms with Crippen LogP contribution in [0.4, 0.5) is 11.4 Å². The van der Waals surface area contributed by atoms with E-state index in [0.717, 1.165) is 16.4 Å². The van der Waals surface area contributed by atoms with Gasteiger partial charge in [0.25, 0.3) is 0 Å². The van der Waals surface area contributed by atoms with Crippen molar-refractivity contribution >= 4 is 45.6 Å². The molecule has 4 heteroatoms. The lowest BCUT2D eigenvalue weighted by atomic mass is 10.0. The minimum Gasteiger partial charge on any atom is -0.353 e. The lowest BCUT2D eigenvalue weighted by Crippen LogP contribution is -2.01. The van der Waals surface area contributed by atoms with Crippen molar-refractivity contribution in [3.63, 3.8) is 0 Å². The number of halogens is 1. The van der Waals surface area contributed by atoms with Crippen LogP contribution < -0.4 is 5.32 Å². The van der Waals surface area contributed by atoms with Gasteiger partial charge in [-0.3, -0.25) is 0 Å². The molecular formula is C26H17ClN2S. The first-order valence-electron chi connectivity index (χ1n) is 9.81. The highest BCUT2D eigenvalue weighted by Crippen LogP contribution is 2.49. The molecule has 2 heterocycles. The number of anilines is 2. The van der Waals surface area contributed by atoms with Crippen LogP contribution >= 0.6 is 23.4 Å². The van der Waals surface area contributed by atoms with Crippen LogP contribution in [0.5, 0.6) is 0 Å². The summed E-state index contributed by atoms with van der Waals surface area (Å²) in [5, 5.41) is 5.65. The van der Waals surface area contributed by atoms with Gasteiger partial charge in [-0.15, -0.1) is 0 Å². The Bertz CT molecular complexity index is 1400. The second-order valence-electron chi connectivity index (χ2n) is 7.31. The molecule has 0 atom stereocenters. The van der Waals surface area contributed by atoms with E-state index in [1.165, 1.54) is 37.5 Å². The molecule has 0 bridgehead atoms. The number of nitrogens with one attached hydrogen (secondary N) is 1. The first-order chi connectivity index (χ1) is 14.8. The molecule has 0 unspecified atom stereocenters. The number of para-hydroxylation sites is 3. The molecule has 1 aromatic heterocycles. The third-order valence-electron chi connectivity index (χ3n) is 5.50. The van der Waals surface area contributed by atoms with Crippen molar-refractivity contribution in [2.75, 3.05) is 5.32 Å². The average Bonchev–Trinajstić information content (AvgIpc) is 3.17. The lowest BCUT2D eigenvalue weighted by molar-refractivity contribution is 1.13. The summed E-state index contributed by atoms with van der Waals surface area (Å²) in [6.07, 6.45) is 2.23. The van der Waals surface area contributed by atoms with Crippen molar-refractivity contribution in [2.45, 2.75) is 9.79 Å². The van der Waals surface area contributed by atoms with Gasteiger partial charge in [0.15, 0.2) is 0 Å². The van der Waals surface area contributed by atoms with Gasteiger partial charge in [0, 0.05) is 43.2 Å². The molecule has 1 N–H and O–H groups in total. The normalized spacial score (nSPS) is 12.3. The predicted molar refractivity (Wildman–Crippen MR) is 128 cm³/mol. The van der Waals surface area contributed by atoms with E-state index in [0.29, 0.717) is 0 Å². The number of rotatable bonds is 2. The standard InChI is InChI=1S/C26H17ClN2S/c27-17-12-14-18(15-13-17)29-16-21(19-6-1-3-9-23(19)29)20-7-5-11-25-26(20)28-22-8-2-4-10-24(22)30-25/h1-16,28H. The molecule has 0 aliphatic carbocycles. The van der Waals surface area contributed by atoms with Crippen LogP contribution in [0.25, 0.3) is 27.7 Å². The van der Waals surface area contributed by atoms with Crippen LogP contribution in [-0.2, 0) is 0 Å². The van der Waals surface area contributed by atoms with Gasteiger partial charge in [-0.25, -0.2) is 0 Å². The Kier molecular flexibility index (Phi) is 4.12. The van der Waals surface area contributed by atoms with E-state index in [1.807, 2.05) is 23.9 Å². The van der Waals surface area contributed by atoms with E-state index in [-0.39, 0.29) is 0 Å². The number of hydrogen-bond donors (Lipinski definition) is 1. The molecule has 1 aliphatic rings. The molecule has 144 valence electrons. The van der Waals surface area contributed by atoms with Crippen molar-refractivity contribution in [3.05, 3.63) is 102 Å². The van der Waals surface area contributed by atoms with Gasteiger partial charge < -0.3 is 9.88 Å². The van der Waals surface area contributed by atoms with E-state index in [1.54, 1.807) is 0 Å². The summed E-state index contributed by atoms with van der Waals surface area (Å²) in [6.45, 7) is 0. The molecule has 6 rings (SSSR count). The Morgan fingerprint density at radius 1 is 0.700 bits per heavy atom. The van der Waals surface area contributed by atoms with Gasteiger partial charge in [-0.1, -0.05) is 65.8 Å². The molecule has 0 fully saturated rings. The van der Waals surface area contributed by atoms with Gasteiger partial charge in [0.05, 0.1) is 16.9 Å². The zero-order chi connectivity index (χ0) is 20.1. The lowest BCUT2D eigenvalue weighted by Gasteiger charge is -2.23. The molecule has 5 aromatic rings. The zero-order valence-corrected chi connectivity index (χ0v) is 17.5. The SMILES string of the molecule is Clc1ccc(-n2cc(-c3cccc4c3Nc3ccccc3S4)c3ccccc32)cc1. The number of aromatic nitrogens is 1. The Hall–Kier alpha value is -3.14. The maximum atomic E-state index is 6.12. The predicted octanol–water partition coefficient (Wildman–Crippen LogP) is 8.16. The third kappa shape index (κ3) is 2.82. The Morgan fingerprint density at radius 3 is 2.37 bits per heavy atom. The summed E-state index contributed by atoms with van der Waals surface area (Å²) in [6, 6.07) is 31.5. The summed E-state index contributed by atoms with van der Waals surface area (Å²) in [7, 11) is 0. The molecule has 0 saturated heterocycles. The number of hydrogen-bond acceptors (Lipinski definition) is 2. The quantitative estimate of drug-likeness (QED) is 0.302. The van der Waals surface area contributed by atoms with Gasteiger partial charge in [0.2, 0.25) is 0 Å². The summed E-state index contributed by atoms with van der Waals surface area (Å²) in [5.74, 6) is 0. The molecule has 0 saturated carbocycles. The van der Waals surface area contributed by atoms with E-state index < -0.39 is 0 Å². The number of nitrogens with zero attached hydrogens (tertiary/aromatic N) is 1. The first kappa shape index (κ1) is 17.7. The largest absolute Gasteiger partial charge is 0.353 e. The second kappa shape index (κ2) is 6.98. The van der Waals surface area contributed by atoms with Crippen molar-refractivity contribution in [1.29, 1.82) is 0 Å². The monoisotopic (exact) mass is 424 g/mol. The van der Waals surface area contributed by atoms with Crippen LogP contribution in [0.2, 0.25) is 5.02 Å². The number of benzene rings is 4. The molecular weight excluding hydrogens is 408 g/mol. The van der Waals surface area contributed by atoms with Crippen LogP contribution in [0, 0.1) is 0 Å². The fraction of sp³-hybridized carbons (Fsp3) is 0. The van der Waals surface area contributed by atoms with E-state index in [9.17, 15) is 0 Å². The molecule has 0 radical (unpaired) electrons. The van der Waals surface area contributed by atoms with Gasteiger partial charge in [0.1, 0.15) is 0 Å². The smallest absolute Gasteiger partial charge is 0.0606 e. The minimum absolute atomic E-state index is 0.743. The van der Waals surface area contributed by atoms with E-state index in [2.05, 4.69) is 94.9 Å². The van der Waals surface area contributed by atoms with E-state index >= 15 is 0 Å². The van der Waals surface area contributed by atoms with Gasteiger partial charge in [-0.2, -0.15) is 0 Å². The highest BCUT2D eigenvalue weighted by Gasteiger charge is 2.21. The average molecular weight is 425 g/mol. The molecule has 0 spiro atoms. The summed E-state index contributed by atoms with van der Waals surface area (Å²) in [4.78, 5) is 2.50. The Morgan fingerprint density at radius 2 is 1.47 bits per heavy atom. The van der Waals surface area contributed by atoms with Crippen molar-refractivity contribution in [1.82, 2.24) is 4.57 Å². The fourth-order valence-corrected chi connectivity index (χ4v) is 5.24. The molecule has 0 amide bonds. The maximum absolute atomic E-state index is 6.12. The summed E-state index contributed by atoms with van der Waals surface area (Å²) in [5.41, 5.74) is 7.02. The molecule has 4 aromatic carbocycles. The highest BCUT2D eigenvalue weighted by atomic mass is 35.5. The summed E-state index contributed by atoms with van der Waals surface area (Å²) >= 11 is 7.94. The Balaban J connectivity index is 1.57. The van der Waals surface area contributed by atoms with Gasteiger partial charge in [-0.05, 0) is 48.5 Å². The minimum atomic E-state index is 0.743. The molecule has 30 heavy (non-hydrogen) atoms. The Labute approximate surface area is 184 Å². The van der Waals surface area contributed by atoms with Crippen molar-refractivity contribution < 1.29 is 0 Å². The number of fused-ring (bicyclic) bond motifs is 3. The third-order valence-corrected chi connectivity index (χ3v) is 6.89. The van der Waals surface area contributed by atoms with Gasteiger partial charge >= 0.3 is 0 Å². The maximum Gasteiger partial charge on any atom is 0.0606 e. The topological polar surface area (TPSA) is 17.0 Å². The van der Waals surface area contributed by atoms with Crippen molar-refractivity contribution in [2.24, 2.45) is 0 Å². The van der Waals surface area contributed by atoms with E-state index in [4.69, 9.17) is 11.6 Å². The van der Waals surface area contributed by atoms with Crippen LogP contribution in [0.1, 0.15) is 0 Å². The first-order valence-corrected chi connectivity index (χ1v) is 11.0. The van der Waals surface area contributed by atoms with Crippen LogP contribution in [-0.4, -0.2) is 4.57 Å². The fourth-order valence-electron chi connectivity index (χ4n) is 4.09. The van der Waals surface area contributed by atoms with Crippen LogP contribution in [0.3, 0.4) is 0 Å². The second-order valence-corrected chi connectivity index (χ2v) is 8.83. The summed E-state index contributed by atoms with van der Waals surface area (Å²) < 4.78 is 2.24. The van der Waals surface area contributed by atoms with Crippen molar-refractivity contribution in [3.8, 4) is 16.8 Å².